The predicted molar refractivity (Wildman–Crippen MR) is 279 cm³/mol. The molecule has 6 nitrogen and oxygen atoms in total. The second-order valence-corrected chi connectivity index (χ2v) is 17.4. The topological polar surface area (TPSA) is 78.9 Å². The Morgan fingerprint density at radius 1 is 0.323 bits per heavy atom. The van der Waals surface area contributed by atoms with Gasteiger partial charge in [0.1, 0.15) is 13.2 Å². The molecule has 0 aliphatic carbocycles. The Morgan fingerprint density at radius 2 is 0.615 bits per heavy atom. The van der Waals surface area contributed by atoms with Crippen LogP contribution in [0, 0.1) is 0 Å². The Labute approximate surface area is 400 Å². The van der Waals surface area contributed by atoms with Crippen molar-refractivity contribution in [2.45, 2.75) is 245 Å². The van der Waals surface area contributed by atoms with E-state index in [9.17, 15) is 14.4 Å². The summed E-state index contributed by atoms with van der Waals surface area (Å²) in [5, 5.41) is 0. The summed E-state index contributed by atoms with van der Waals surface area (Å²) in [5.41, 5.74) is 0. The lowest BCUT2D eigenvalue weighted by Gasteiger charge is -2.18. The van der Waals surface area contributed by atoms with Crippen molar-refractivity contribution in [2.24, 2.45) is 0 Å². The predicted octanol–water partition coefficient (Wildman–Crippen LogP) is 17.8. The molecule has 0 aromatic rings. The zero-order chi connectivity index (χ0) is 47.2. The minimum atomic E-state index is -0.812. The van der Waals surface area contributed by atoms with Gasteiger partial charge in [-0.25, -0.2) is 0 Å². The van der Waals surface area contributed by atoms with Gasteiger partial charge in [0.05, 0.1) is 0 Å². The molecule has 0 saturated carbocycles. The van der Waals surface area contributed by atoms with E-state index < -0.39 is 6.10 Å². The number of unbranched alkanes of at least 4 members (excludes halogenated alkanes) is 20. The summed E-state index contributed by atoms with van der Waals surface area (Å²) in [5.74, 6) is -0.990. The van der Waals surface area contributed by atoms with Crippen LogP contribution < -0.4 is 0 Å². The monoisotopic (exact) mass is 903 g/mol. The summed E-state index contributed by atoms with van der Waals surface area (Å²) < 4.78 is 16.8. The first kappa shape index (κ1) is 61.3. The zero-order valence-electron chi connectivity index (χ0n) is 42.2. The number of hydrogen-bond acceptors (Lipinski definition) is 6. The maximum atomic E-state index is 12.8. The third-order valence-electron chi connectivity index (χ3n) is 11.0. The van der Waals surface area contributed by atoms with Crippen LogP contribution in [0.3, 0.4) is 0 Å². The minimum Gasteiger partial charge on any atom is -0.462 e. The number of ether oxygens (including phenoxy) is 3. The first-order valence-electron chi connectivity index (χ1n) is 26.7. The molecule has 1 atom stereocenters. The Bertz CT molecular complexity index is 1310. The van der Waals surface area contributed by atoms with Crippen LogP contribution in [0.1, 0.15) is 239 Å². The van der Waals surface area contributed by atoms with Crippen molar-refractivity contribution >= 4 is 17.9 Å². The van der Waals surface area contributed by atoms with Crippen molar-refractivity contribution < 1.29 is 28.6 Å². The maximum absolute atomic E-state index is 12.8. The van der Waals surface area contributed by atoms with Gasteiger partial charge in [0, 0.05) is 19.3 Å². The van der Waals surface area contributed by atoms with Gasteiger partial charge in [0.15, 0.2) is 6.10 Å². The molecule has 0 unspecified atom stereocenters. The van der Waals surface area contributed by atoms with E-state index in [1.807, 2.05) is 0 Å². The normalized spacial score (nSPS) is 12.8. The smallest absolute Gasteiger partial charge is 0.306 e. The highest BCUT2D eigenvalue weighted by Crippen LogP contribution is 2.13. The molecule has 6 heteroatoms. The van der Waals surface area contributed by atoms with E-state index in [2.05, 4.69) is 118 Å². The summed E-state index contributed by atoms with van der Waals surface area (Å²) in [7, 11) is 0. The molecule has 0 aromatic heterocycles. The van der Waals surface area contributed by atoms with Crippen molar-refractivity contribution in [1.82, 2.24) is 0 Å². The van der Waals surface area contributed by atoms with Gasteiger partial charge in [-0.05, 0) is 116 Å². The van der Waals surface area contributed by atoms with E-state index >= 15 is 0 Å². The molecule has 0 N–H and O–H groups in total. The quantitative estimate of drug-likeness (QED) is 0.0262. The zero-order valence-corrected chi connectivity index (χ0v) is 42.2. The van der Waals surface area contributed by atoms with Gasteiger partial charge in [-0.2, -0.15) is 0 Å². The Balaban J connectivity index is 4.52. The maximum Gasteiger partial charge on any atom is 0.306 e. The van der Waals surface area contributed by atoms with Crippen LogP contribution in [-0.2, 0) is 28.6 Å². The molecule has 0 heterocycles. The van der Waals surface area contributed by atoms with E-state index in [0.29, 0.717) is 19.3 Å². The second-order valence-electron chi connectivity index (χ2n) is 17.4. The van der Waals surface area contributed by atoms with Crippen LogP contribution in [0.4, 0.5) is 0 Å². The first-order valence-corrected chi connectivity index (χ1v) is 26.7. The summed E-state index contributed by atoms with van der Waals surface area (Å²) in [6, 6.07) is 0. The van der Waals surface area contributed by atoms with Crippen molar-refractivity contribution in [1.29, 1.82) is 0 Å². The molecule has 0 bridgehead atoms. The number of rotatable bonds is 47. The molecule has 0 rings (SSSR count). The van der Waals surface area contributed by atoms with Crippen LogP contribution in [0.5, 0.6) is 0 Å². The molecule has 370 valence electrons. The molecule has 0 spiro atoms. The van der Waals surface area contributed by atoms with E-state index in [1.54, 1.807) is 0 Å². The highest BCUT2D eigenvalue weighted by molar-refractivity contribution is 5.71. The third-order valence-corrected chi connectivity index (χ3v) is 11.0. The van der Waals surface area contributed by atoms with Gasteiger partial charge in [0.25, 0.3) is 0 Å². The van der Waals surface area contributed by atoms with Gasteiger partial charge >= 0.3 is 17.9 Å². The summed E-state index contributed by atoms with van der Waals surface area (Å²) in [6.45, 7) is 6.42. The van der Waals surface area contributed by atoms with Gasteiger partial charge in [-0.3, -0.25) is 14.4 Å². The third kappa shape index (κ3) is 51.2. The standard InChI is InChI=1S/C59H98O6/c1-4-7-10-13-16-19-22-25-28-29-32-34-37-40-43-46-49-52-58(61)64-55-56(65-59(62)53-50-47-44-41-38-35-31-27-24-21-18-15-12-9-6-3)54-63-57(60)51-48-45-42-39-36-33-30-26-23-20-17-14-11-8-5-2/h7,10,16,18-19,21,25-28,30-32,34,40,43,56H,4-6,8-9,11-15,17,20,22-24,29,33,35-39,41-42,44-55H2,1-3H3/b10-7-,19-16-,21-18-,28-25-,30-26-,31-27-,34-32-,43-40-/t56-/m0/s1. The number of carbonyl (C=O) groups excluding carboxylic acids is 3. The lowest BCUT2D eigenvalue weighted by atomic mass is 10.1. The largest absolute Gasteiger partial charge is 0.462 e. The van der Waals surface area contributed by atoms with Gasteiger partial charge < -0.3 is 14.2 Å². The van der Waals surface area contributed by atoms with Crippen LogP contribution in [0.15, 0.2) is 97.2 Å². The molecule has 0 aliphatic heterocycles. The van der Waals surface area contributed by atoms with Gasteiger partial charge in [0.2, 0.25) is 0 Å². The van der Waals surface area contributed by atoms with Gasteiger partial charge in [-0.15, -0.1) is 0 Å². The van der Waals surface area contributed by atoms with Crippen LogP contribution in [0.25, 0.3) is 0 Å². The molecule has 0 saturated heterocycles. The lowest BCUT2D eigenvalue weighted by molar-refractivity contribution is -0.167. The van der Waals surface area contributed by atoms with E-state index in [1.165, 1.54) is 77.0 Å². The van der Waals surface area contributed by atoms with E-state index in [-0.39, 0.29) is 37.5 Å². The summed E-state index contributed by atoms with van der Waals surface area (Å²) >= 11 is 0. The number of allylic oxidation sites excluding steroid dienone is 16. The fourth-order valence-electron chi connectivity index (χ4n) is 7.03. The van der Waals surface area contributed by atoms with E-state index in [4.69, 9.17) is 14.2 Å². The highest BCUT2D eigenvalue weighted by Gasteiger charge is 2.19. The molecule has 0 radical (unpaired) electrons. The average molecular weight is 903 g/mol. The Hall–Kier alpha value is -3.67. The Kier molecular flexibility index (Phi) is 50.0. The molecule has 0 fully saturated rings. The molecule has 0 aliphatic rings. The molecule has 0 amide bonds. The number of carbonyl (C=O) groups is 3. The Morgan fingerprint density at radius 3 is 1.05 bits per heavy atom. The van der Waals surface area contributed by atoms with Crippen LogP contribution in [0.2, 0.25) is 0 Å². The highest BCUT2D eigenvalue weighted by atomic mass is 16.6. The first-order chi connectivity index (χ1) is 32.0. The lowest BCUT2D eigenvalue weighted by Crippen LogP contribution is -2.30. The van der Waals surface area contributed by atoms with Gasteiger partial charge in [-0.1, -0.05) is 201 Å². The fraction of sp³-hybridized carbons (Fsp3) is 0.678. The fourth-order valence-corrected chi connectivity index (χ4v) is 7.03. The number of esters is 3. The molecular weight excluding hydrogens is 805 g/mol. The van der Waals surface area contributed by atoms with Crippen molar-refractivity contribution in [3.63, 3.8) is 0 Å². The van der Waals surface area contributed by atoms with Crippen molar-refractivity contribution in [3.05, 3.63) is 97.2 Å². The van der Waals surface area contributed by atoms with Crippen LogP contribution in [-0.4, -0.2) is 37.2 Å². The average Bonchev–Trinajstić information content (AvgIpc) is 3.30. The minimum absolute atomic E-state index is 0.106. The second kappa shape index (κ2) is 52.9. The van der Waals surface area contributed by atoms with E-state index in [0.717, 1.165) is 116 Å². The molecular formula is C59H98O6. The van der Waals surface area contributed by atoms with Crippen LogP contribution >= 0.6 is 0 Å². The van der Waals surface area contributed by atoms with Crippen molar-refractivity contribution in [2.75, 3.05) is 13.2 Å². The molecule has 0 aromatic carbocycles. The molecule has 65 heavy (non-hydrogen) atoms. The summed E-state index contributed by atoms with van der Waals surface area (Å²) in [6.07, 6.45) is 69.6. The summed E-state index contributed by atoms with van der Waals surface area (Å²) in [4.78, 5) is 38.0. The van der Waals surface area contributed by atoms with Crippen molar-refractivity contribution in [3.8, 4) is 0 Å². The number of hydrogen-bond donors (Lipinski definition) is 0. The SMILES string of the molecule is CC/C=C\C/C=C\C/C=C\C/C=C\C/C=C\CCCC(=O)OC[C@H](COC(=O)CCCCCCC/C=C\CCCCCCCC)OC(=O)CCCCCCC/C=C\C/C=C\CCCCC.